The molecule has 0 aliphatic rings. The number of hydrogen-bond donors (Lipinski definition) is 2. The Balaban J connectivity index is 2.36. The first kappa shape index (κ1) is 18.6. The molecule has 0 radical (unpaired) electrons. The van der Waals surface area contributed by atoms with Crippen molar-refractivity contribution in [1.82, 2.24) is 14.9 Å². The third kappa shape index (κ3) is 6.44. The Hall–Kier alpha value is -0.470. The SMILES string of the molecule is CNCc1cc(S(=O)(=O)NCCCCN(C)C(C)C)cs1. The van der Waals surface area contributed by atoms with E-state index in [9.17, 15) is 8.42 Å². The van der Waals surface area contributed by atoms with Gasteiger partial charge in [0.1, 0.15) is 0 Å². The van der Waals surface area contributed by atoms with Crippen LogP contribution in [-0.4, -0.2) is 46.5 Å². The topological polar surface area (TPSA) is 61.4 Å². The molecule has 0 saturated heterocycles. The Morgan fingerprint density at radius 2 is 2.05 bits per heavy atom. The van der Waals surface area contributed by atoms with Gasteiger partial charge in [0.05, 0.1) is 4.90 Å². The lowest BCUT2D eigenvalue weighted by atomic mass is 10.2. The molecular weight excluding hydrogens is 306 g/mol. The van der Waals surface area contributed by atoms with Gasteiger partial charge in [-0.2, -0.15) is 0 Å². The summed E-state index contributed by atoms with van der Waals surface area (Å²) in [5.41, 5.74) is 0. The van der Waals surface area contributed by atoms with Gasteiger partial charge in [0.25, 0.3) is 0 Å². The Bertz CT molecular complexity index is 512. The summed E-state index contributed by atoms with van der Waals surface area (Å²) in [6, 6.07) is 2.26. The Morgan fingerprint density at radius 1 is 1.33 bits per heavy atom. The van der Waals surface area contributed by atoms with E-state index >= 15 is 0 Å². The zero-order chi connectivity index (χ0) is 15.9. The maximum Gasteiger partial charge on any atom is 0.241 e. The van der Waals surface area contributed by atoms with Gasteiger partial charge in [0, 0.05) is 29.4 Å². The molecule has 1 aromatic heterocycles. The second-order valence-corrected chi connectivity index (χ2v) is 8.22. The summed E-state index contributed by atoms with van der Waals surface area (Å²) in [5.74, 6) is 0. The molecule has 0 saturated carbocycles. The molecule has 0 amide bonds. The predicted octanol–water partition coefficient (Wildman–Crippen LogP) is 1.87. The van der Waals surface area contributed by atoms with E-state index in [1.165, 1.54) is 11.3 Å². The minimum atomic E-state index is -3.36. The van der Waals surface area contributed by atoms with Crippen molar-refractivity contribution in [2.24, 2.45) is 0 Å². The van der Waals surface area contributed by atoms with Crippen LogP contribution in [0.15, 0.2) is 16.3 Å². The number of hydrogen-bond acceptors (Lipinski definition) is 5. The molecule has 1 aromatic rings. The first-order valence-electron chi connectivity index (χ1n) is 7.28. The van der Waals surface area contributed by atoms with Gasteiger partial charge in [0.2, 0.25) is 10.0 Å². The van der Waals surface area contributed by atoms with Gasteiger partial charge in [0.15, 0.2) is 0 Å². The number of nitrogens with zero attached hydrogens (tertiary/aromatic N) is 1. The highest BCUT2D eigenvalue weighted by molar-refractivity contribution is 7.89. The normalized spacial score (nSPS) is 12.5. The second kappa shape index (κ2) is 8.85. The van der Waals surface area contributed by atoms with E-state index in [1.54, 1.807) is 11.4 Å². The molecule has 0 bridgehead atoms. The number of unbranched alkanes of at least 4 members (excludes halogenated alkanes) is 1. The van der Waals surface area contributed by atoms with Crippen LogP contribution in [-0.2, 0) is 16.6 Å². The van der Waals surface area contributed by atoms with Gasteiger partial charge in [-0.25, -0.2) is 13.1 Å². The Morgan fingerprint density at radius 3 is 2.67 bits per heavy atom. The monoisotopic (exact) mass is 333 g/mol. The summed E-state index contributed by atoms with van der Waals surface area (Å²) in [6.45, 7) is 6.49. The van der Waals surface area contributed by atoms with E-state index in [4.69, 9.17) is 0 Å². The van der Waals surface area contributed by atoms with Crippen molar-refractivity contribution in [2.75, 3.05) is 27.2 Å². The molecule has 5 nitrogen and oxygen atoms in total. The summed E-state index contributed by atoms with van der Waals surface area (Å²) >= 11 is 1.46. The second-order valence-electron chi connectivity index (χ2n) is 5.46. The van der Waals surface area contributed by atoms with Crippen molar-refractivity contribution in [2.45, 2.75) is 44.2 Å². The average Bonchev–Trinajstić information content (AvgIpc) is 2.87. The maximum atomic E-state index is 12.1. The van der Waals surface area contributed by atoms with Crippen LogP contribution in [0, 0.1) is 0 Å². The fourth-order valence-corrected chi connectivity index (χ4v) is 4.16. The van der Waals surface area contributed by atoms with Crippen LogP contribution in [0.2, 0.25) is 0 Å². The third-order valence-corrected chi connectivity index (χ3v) is 5.93. The van der Waals surface area contributed by atoms with Gasteiger partial charge in [-0.05, 0) is 53.4 Å². The van der Waals surface area contributed by atoms with Crippen molar-refractivity contribution in [3.63, 3.8) is 0 Å². The summed E-state index contributed by atoms with van der Waals surface area (Å²) < 4.78 is 26.9. The molecule has 0 spiro atoms. The first-order chi connectivity index (χ1) is 9.86. The van der Waals surface area contributed by atoms with Gasteiger partial charge in [-0.3, -0.25) is 0 Å². The van der Waals surface area contributed by atoms with E-state index in [-0.39, 0.29) is 0 Å². The number of nitrogens with one attached hydrogen (secondary N) is 2. The van der Waals surface area contributed by atoms with Gasteiger partial charge in [-0.1, -0.05) is 0 Å². The number of sulfonamides is 1. The zero-order valence-electron chi connectivity index (χ0n) is 13.3. The van der Waals surface area contributed by atoms with E-state index in [1.807, 2.05) is 7.05 Å². The van der Waals surface area contributed by atoms with Crippen molar-refractivity contribution in [3.05, 3.63) is 16.3 Å². The van der Waals surface area contributed by atoms with Gasteiger partial charge in [-0.15, -0.1) is 11.3 Å². The van der Waals surface area contributed by atoms with E-state index in [0.717, 1.165) is 24.3 Å². The third-order valence-electron chi connectivity index (χ3n) is 3.40. The Labute approximate surface area is 132 Å². The summed E-state index contributed by atoms with van der Waals surface area (Å²) in [5, 5.41) is 4.71. The quantitative estimate of drug-likeness (QED) is 0.642. The minimum absolute atomic E-state index is 0.372. The van der Waals surface area contributed by atoms with Crippen molar-refractivity contribution in [1.29, 1.82) is 0 Å². The van der Waals surface area contributed by atoms with Crippen LogP contribution in [0.3, 0.4) is 0 Å². The lowest BCUT2D eigenvalue weighted by molar-refractivity contribution is 0.268. The lowest BCUT2D eigenvalue weighted by Crippen LogP contribution is -2.29. The average molecular weight is 334 g/mol. The van der Waals surface area contributed by atoms with Crippen molar-refractivity contribution < 1.29 is 8.42 Å². The highest BCUT2D eigenvalue weighted by Gasteiger charge is 2.15. The molecule has 2 N–H and O–H groups in total. The predicted molar refractivity (Wildman–Crippen MR) is 89.3 cm³/mol. The van der Waals surface area contributed by atoms with E-state index in [2.05, 4.69) is 35.8 Å². The first-order valence-corrected chi connectivity index (χ1v) is 9.65. The standard InChI is InChI=1S/C14H27N3O2S2/c1-12(2)17(4)8-6-5-7-16-21(18,19)14-9-13(10-15-3)20-11-14/h9,11-12,15-16H,5-8,10H2,1-4H3. The summed E-state index contributed by atoms with van der Waals surface area (Å²) in [6.07, 6.45) is 1.84. The van der Waals surface area contributed by atoms with Crippen LogP contribution in [0.4, 0.5) is 0 Å². The molecule has 1 heterocycles. The van der Waals surface area contributed by atoms with Crippen LogP contribution in [0.1, 0.15) is 31.6 Å². The van der Waals surface area contributed by atoms with Gasteiger partial charge >= 0.3 is 0 Å². The molecule has 122 valence electrons. The molecular formula is C14H27N3O2S2. The van der Waals surface area contributed by atoms with E-state index < -0.39 is 10.0 Å². The number of rotatable bonds is 10. The van der Waals surface area contributed by atoms with Crippen LogP contribution in [0.25, 0.3) is 0 Å². The fourth-order valence-electron chi connectivity index (χ4n) is 1.80. The molecule has 0 aliphatic carbocycles. The molecule has 7 heteroatoms. The van der Waals surface area contributed by atoms with Crippen molar-refractivity contribution >= 4 is 21.4 Å². The zero-order valence-corrected chi connectivity index (χ0v) is 15.0. The lowest BCUT2D eigenvalue weighted by Gasteiger charge is -2.20. The van der Waals surface area contributed by atoms with Crippen molar-refractivity contribution in [3.8, 4) is 0 Å². The maximum absolute atomic E-state index is 12.1. The molecule has 0 unspecified atom stereocenters. The number of thiophene rings is 1. The molecule has 0 aromatic carbocycles. The molecule has 0 atom stereocenters. The van der Waals surface area contributed by atoms with Crippen LogP contribution >= 0.6 is 11.3 Å². The van der Waals surface area contributed by atoms with Crippen LogP contribution < -0.4 is 10.0 Å². The molecule has 0 aliphatic heterocycles. The molecule has 0 fully saturated rings. The fraction of sp³-hybridized carbons (Fsp3) is 0.714. The van der Waals surface area contributed by atoms with Gasteiger partial charge < -0.3 is 10.2 Å². The Kier molecular flexibility index (Phi) is 7.83. The molecule has 1 rings (SSSR count). The summed E-state index contributed by atoms with van der Waals surface area (Å²) in [4.78, 5) is 3.66. The minimum Gasteiger partial charge on any atom is -0.315 e. The summed E-state index contributed by atoms with van der Waals surface area (Å²) in [7, 11) is 0.579. The smallest absolute Gasteiger partial charge is 0.241 e. The highest BCUT2D eigenvalue weighted by atomic mass is 32.2. The van der Waals surface area contributed by atoms with Crippen LogP contribution in [0.5, 0.6) is 0 Å². The highest BCUT2D eigenvalue weighted by Crippen LogP contribution is 2.18. The van der Waals surface area contributed by atoms with E-state index in [0.29, 0.717) is 24.0 Å². The largest absolute Gasteiger partial charge is 0.315 e. The molecule has 21 heavy (non-hydrogen) atoms.